The van der Waals surface area contributed by atoms with Gasteiger partial charge in [0.15, 0.2) is 0 Å². The molecule has 0 N–H and O–H groups in total. The molecule has 3 heteroatoms. The maximum Gasteiger partial charge on any atom is 0.311 e. The maximum absolute atomic E-state index is 12.6. The van der Waals surface area contributed by atoms with Crippen molar-refractivity contribution in [3.63, 3.8) is 0 Å². The minimum Gasteiger partial charge on any atom is -0.472 e. The van der Waals surface area contributed by atoms with Crippen LogP contribution in [0.5, 0.6) is 0 Å². The number of furan rings is 1. The third-order valence-electron chi connectivity index (χ3n) is 6.97. The summed E-state index contributed by atoms with van der Waals surface area (Å²) in [7, 11) is 1.53. The van der Waals surface area contributed by atoms with Crippen LogP contribution in [0.4, 0.5) is 0 Å². The van der Waals surface area contributed by atoms with Gasteiger partial charge in [0, 0.05) is 0 Å². The fraction of sp³-hybridized carbons (Fsp3) is 0.667. The summed E-state index contributed by atoms with van der Waals surface area (Å²) in [5, 5.41) is 0. The minimum atomic E-state index is -0.351. The van der Waals surface area contributed by atoms with Gasteiger partial charge in [-0.1, -0.05) is 25.5 Å². The second-order valence-electron chi connectivity index (χ2n) is 8.24. The van der Waals surface area contributed by atoms with Gasteiger partial charge in [0.2, 0.25) is 0 Å². The number of fused-ring (bicyclic) bond motifs is 1. The van der Waals surface area contributed by atoms with Gasteiger partial charge in [-0.2, -0.15) is 0 Å². The Labute approximate surface area is 145 Å². The van der Waals surface area contributed by atoms with E-state index in [1.807, 2.05) is 12.3 Å². The van der Waals surface area contributed by atoms with Crippen LogP contribution in [0.25, 0.3) is 0 Å². The van der Waals surface area contributed by atoms with E-state index in [9.17, 15) is 4.79 Å². The van der Waals surface area contributed by atoms with Crippen LogP contribution in [-0.2, 0) is 16.0 Å². The molecular weight excluding hydrogens is 300 g/mol. The summed E-state index contributed by atoms with van der Waals surface area (Å²) in [5.74, 6) is 0.820. The van der Waals surface area contributed by atoms with Crippen LogP contribution >= 0.6 is 0 Å². The Hall–Kier alpha value is -1.51. The molecule has 0 radical (unpaired) electrons. The molecule has 3 nitrogen and oxygen atoms in total. The molecule has 2 aliphatic carbocycles. The SMILES string of the molecule is C=C1CC[C@@H]2[C@@](C)(CCC[C@@]2(C)C(=O)OC)[C@@H]1CCc1ccoc1. The van der Waals surface area contributed by atoms with E-state index < -0.39 is 0 Å². The average Bonchev–Trinajstić information content (AvgIpc) is 3.06. The molecule has 2 saturated carbocycles. The highest BCUT2D eigenvalue weighted by molar-refractivity contribution is 5.77. The topological polar surface area (TPSA) is 39.4 Å². The van der Waals surface area contributed by atoms with E-state index in [1.165, 1.54) is 24.7 Å². The van der Waals surface area contributed by atoms with Gasteiger partial charge in [-0.15, -0.1) is 0 Å². The molecule has 4 atom stereocenters. The molecule has 0 spiro atoms. The predicted molar refractivity (Wildman–Crippen MR) is 94.5 cm³/mol. The van der Waals surface area contributed by atoms with Crippen LogP contribution in [-0.4, -0.2) is 13.1 Å². The number of hydrogen-bond donors (Lipinski definition) is 0. The van der Waals surface area contributed by atoms with Crippen LogP contribution in [0.2, 0.25) is 0 Å². The second kappa shape index (κ2) is 6.42. The molecule has 3 rings (SSSR count). The van der Waals surface area contributed by atoms with E-state index in [0.717, 1.165) is 38.5 Å². The van der Waals surface area contributed by atoms with Crippen molar-refractivity contribution in [1.29, 1.82) is 0 Å². The Morgan fingerprint density at radius 2 is 2.21 bits per heavy atom. The first kappa shape index (κ1) is 17.3. The highest BCUT2D eigenvalue weighted by atomic mass is 16.5. The van der Waals surface area contributed by atoms with E-state index in [4.69, 9.17) is 9.15 Å². The Morgan fingerprint density at radius 3 is 2.88 bits per heavy atom. The standard InChI is InChI=1S/C21H30O3/c1-15-6-9-18-20(2,11-5-12-21(18,3)19(22)23-4)17(15)8-7-16-10-13-24-14-16/h10,13-14,17-18H,1,5-9,11-12H2,2-4H3/t17-,18-,20+,21-/m1/s1. The molecule has 2 aliphatic rings. The molecule has 24 heavy (non-hydrogen) atoms. The Balaban J connectivity index is 1.86. The zero-order valence-corrected chi connectivity index (χ0v) is 15.3. The lowest BCUT2D eigenvalue weighted by Gasteiger charge is -2.57. The number of esters is 1. The first-order chi connectivity index (χ1) is 11.4. The summed E-state index contributed by atoms with van der Waals surface area (Å²) >= 11 is 0. The van der Waals surface area contributed by atoms with Crippen LogP contribution in [0.3, 0.4) is 0 Å². The third-order valence-corrected chi connectivity index (χ3v) is 6.97. The molecular formula is C21H30O3. The van der Waals surface area contributed by atoms with Gasteiger partial charge in [0.25, 0.3) is 0 Å². The summed E-state index contributed by atoms with van der Waals surface area (Å²) in [6, 6.07) is 2.05. The molecule has 0 unspecified atom stereocenters. The van der Waals surface area contributed by atoms with Crippen molar-refractivity contribution in [3.8, 4) is 0 Å². The number of allylic oxidation sites excluding steroid dienone is 1. The molecule has 2 fully saturated rings. The molecule has 1 aromatic heterocycles. The van der Waals surface area contributed by atoms with E-state index in [0.29, 0.717) is 11.8 Å². The molecule has 132 valence electrons. The summed E-state index contributed by atoms with van der Waals surface area (Å²) in [5.41, 5.74) is 2.41. The number of rotatable bonds is 4. The van der Waals surface area contributed by atoms with E-state index in [-0.39, 0.29) is 16.8 Å². The lowest BCUT2D eigenvalue weighted by Crippen LogP contribution is -2.53. The zero-order valence-electron chi connectivity index (χ0n) is 15.3. The molecule has 0 bridgehead atoms. The number of carbonyl (C=O) groups is 1. The second-order valence-corrected chi connectivity index (χ2v) is 8.24. The van der Waals surface area contributed by atoms with Crippen molar-refractivity contribution in [1.82, 2.24) is 0 Å². The number of methoxy groups -OCH3 is 1. The predicted octanol–water partition coefficient (Wildman–Crippen LogP) is 5.16. The fourth-order valence-electron chi connectivity index (χ4n) is 5.71. The van der Waals surface area contributed by atoms with Crippen molar-refractivity contribution in [2.45, 2.75) is 58.8 Å². The van der Waals surface area contributed by atoms with Crippen LogP contribution < -0.4 is 0 Å². The van der Waals surface area contributed by atoms with Crippen molar-refractivity contribution in [2.24, 2.45) is 22.7 Å². The van der Waals surface area contributed by atoms with Gasteiger partial charge in [0.05, 0.1) is 25.1 Å². The molecule has 0 saturated heterocycles. The highest BCUT2D eigenvalue weighted by Crippen LogP contribution is 2.62. The highest BCUT2D eigenvalue weighted by Gasteiger charge is 2.57. The van der Waals surface area contributed by atoms with Gasteiger partial charge in [-0.3, -0.25) is 4.79 Å². The van der Waals surface area contributed by atoms with E-state index in [1.54, 1.807) is 6.26 Å². The Bertz CT molecular complexity index is 603. The van der Waals surface area contributed by atoms with Gasteiger partial charge in [-0.25, -0.2) is 0 Å². The van der Waals surface area contributed by atoms with Crippen molar-refractivity contribution in [3.05, 3.63) is 36.3 Å². The minimum absolute atomic E-state index is 0.0282. The zero-order chi connectivity index (χ0) is 17.4. The number of ether oxygens (including phenoxy) is 1. The lowest BCUT2D eigenvalue weighted by atomic mass is 9.46. The smallest absolute Gasteiger partial charge is 0.311 e. The van der Waals surface area contributed by atoms with Gasteiger partial charge in [-0.05, 0) is 74.3 Å². The molecule has 0 amide bonds. The summed E-state index contributed by atoms with van der Waals surface area (Å²) < 4.78 is 10.4. The molecule has 1 heterocycles. The quantitative estimate of drug-likeness (QED) is 0.565. The normalized spacial score (nSPS) is 36.2. The Morgan fingerprint density at radius 1 is 1.42 bits per heavy atom. The monoisotopic (exact) mass is 330 g/mol. The fourth-order valence-corrected chi connectivity index (χ4v) is 5.71. The summed E-state index contributed by atoms with van der Waals surface area (Å²) in [6.45, 7) is 8.92. The molecule has 0 aromatic carbocycles. The van der Waals surface area contributed by atoms with E-state index >= 15 is 0 Å². The first-order valence-corrected chi connectivity index (χ1v) is 9.19. The van der Waals surface area contributed by atoms with Crippen LogP contribution in [0.15, 0.2) is 35.2 Å². The first-order valence-electron chi connectivity index (χ1n) is 9.19. The Kier molecular flexibility index (Phi) is 4.63. The maximum atomic E-state index is 12.6. The summed E-state index contributed by atoms with van der Waals surface area (Å²) in [6.07, 6.45) is 11.0. The third kappa shape index (κ3) is 2.72. The summed E-state index contributed by atoms with van der Waals surface area (Å²) in [4.78, 5) is 12.6. The average molecular weight is 330 g/mol. The lowest BCUT2D eigenvalue weighted by molar-refractivity contribution is -0.168. The number of aryl methyl sites for hydroxylation is 1. The number of hydrogen-bond acceptors (Lipinski definition) is 3. The van der Waals surface area contributed by atoms with Gasteiger partial charge >= 0.3 is 5.97 Å². The van der Waals surface area contributed by atoms with Gasteiger partial charge in [0.1, 0.15) is 0 Å². The number of carbonyl (C=O) groups excluding carboxylic acids is 1. The van der Waals surface area contributed by atoms with Gasteiger partial charge < -0.3 is 9.15 Å². The van der Waals surface area contributed by atoms with Crippen molar-refractivity contribution < 1.29 is 13.9 Å². The molecule has 0 aliphatic heterocycles. The van der Waals surface area contributed by atoms with E-state index in [2.05, 4.69) is 20.4 Å². The largest absolute Gasteiger partial charge is 0.472 e. The molecule has 1 aromatic rings. The van der Waals surface area contributed by atoms with Crippen LogP contribution in [0, 0.1) is 22.7 Å². The van der Waals surface area contributed by atoms with Crippen molar-refractivity contribution >= 4 is 5.97 Å². The van der Waals surface area contributed by atoms with Crippen molar-refractivity contribution in [2.75, 3.05) is 7.11 Å². The van der Waals surface area contributed by atoms with Crippen LogP contribution in [0.1, 0.15) is 57.9 Å².